The summed E-state index contributed by atoms with van der Waals surface area (Å²) >= 11 is 0. The molecule has 16 heavy (non-hydrogen) atoms. The van der Waals surface area contributed by atoms with Crippen LogP contribution in [0.25, 0.3) is 0 Å². The lowest BCUT2D eigenvalue weighted by Crippen LogP contribution is -2.20. The normalized spacial score (nSPS) is 12.7. The lowest BCUT2D eigenvalue weighted by molar-refractivity contribution is -0.150. The van der Waals surface area contributed by atoms with Crippen LogP contribution in [0.2, 0.25) is 0 Å². The first kappa shape index (κ1) is 12.7. The summed E-state index contributed by atoms with van der Waals surface area (Å²) in [5, 5.41) is 13.0. The quantitative estimate of drug-likeness (QED) is 0.797. The van der Waals surface area contributed by atoms with Crippen LogP contribution in [-0.4, -0.2) is 27.0 Å². The second-order valence-corrected chi connectivity index (χ2v) is 3.59. The van der Waals surface area contributed by atoms with Crippen molar-refractivity contribution in [2.75, 3.05) is 0 Å². The Kier molecular flexibility index (Phi) is 4.49. The lowest BCUT2D eigenvalue weighted by atomic mass is 10.3. The van der Waals surface area contributed by atoms with Crippen LogP contribution in [0.1, 0.15) is 32.2 Å². The van der Waals surface area contributed by atoms with E-state index in [9.17, 15) is 4.79 Å². The maximum atomic E-state index is 10.6. The van der Waals surface area contributed by atoms with Gasteiger partial charge in [0.05, 0.1) is 18.0 Å². The van der Waals surface area contributed by atoms with E-state index in [0.29, 0.717) is 0 Å². The first-order valence-corrected chi connectivity index (χ1v) is 5.48. The van der Waals surface area contributed by atoms with Gasteiger partial charge >= 0.3 is 5.97 Å². The molecule has 0 aliphatic heterocycles. The summed E-state index contributed by atoms with van der Waals surface area (Å²) in [6, 6.07) is 1.96. The molecule has 1 unspecified atom stereocenters. The van der Waals surface area contributed by atoms with Crippen molar-refractivity contribution in [2.45, 2.75) is 46.4 Å². The number of carboxylic acids is 1. The van der Waals surface area contributed by atoms with Gasteiger partial charge < -0.3 is 9.84 Å². The van der Waals surface area contributed by atoms with Crippen LogP contribution in [0.15, 0.2) is 6.07 Å². The predicted molar refractivity (Wildman–Crippen MR) is 59.2 cm³/mol. The van der Waals surface area contributed by atoms with Crippen molar-refractivity contribution in [3.63, 3.8) is 0 Å². The fraction of sp³-hybridized carbons (Fsp3) is 0.636. The zero-order valence-corrected chi connectivity index (χ0v) is 9.93. The summed E-state index contributed by atoms with van der Waals surface area (Å²) < 4.78 is 7.07. The van der Waals surface area contributed by atoms with Gasteiger partial charge in [-0.2, -0.15) is 5.10 Å². The van der Waals surface area contributed by atoms with Crippen LogP contribution in [0, 0.1) is 0 Å². The number of aryl methyl sites for hydroxylation is 2. The molecule has 5 nitrogen and oxygen atoms in total. The molecule has 1 aromatic rings. The van der Waals surface area contributed by atoms with E-state index in [0.717, 1.165) is 24.4 Å². The van der Waals surface area contributed by atoms with E-state index in [1.165, 1.54) is 6.92 Å². The number of aliphatic carboxylic acids is 1. The number of ether oxygens (including phenoxy) is 1. The maximum absolute atomic E-state index is 10.6. The highest BCUT2D eigenvalue weighted by molar-refractivity contribution is 5.71. The van der Waals surface area contributed by atoms with E-state index in [4.69, 9.17) is 9.84 Å². The first-order chi connectivity index (χ1) is 7.58. The molecule has 0 amide bonds. The Hall–Kier alpha value is -1.36. The molecule has 0 spiro atoms. The fourth-order valence-corrected chi connectivity index (χ4v) is 1.36. The zero-order chi connectivity index (χ0) is 12.1. The highest BCUT2D eigenvalue weighted by atomic mass is 16.5. The standard InChI is InChI=1S/C11H18N2O3/c1-4-9-6-10(13(5-2)12-9)7-16-8(3)11(14)15/h6,8H,4-5,7H2,1-3H3,(H,14,15). The molecular weight excluding hydrogens is 208 g/mol. The number of hydrogen-bond donors (Lipinski definition) is 1. The Morgan fingerprint density at radius 3 is 2.81 bits per heavy atom. The first-order valence-electron chi connectivity index (χ1n) is 5.48. The van der Waals surface area contributed by atoms with Gasteiger partial charge in [-0.1, -0.05) is 6.92 Å². The van der Waals surface area contributed by atoms with Crippen molar-refractivity contribution in [1.82, 2.24) is 9.78 Å². The molecule has 0 aromatic carbocycles. The van der Waals surface area contributed by atoms with Crippen LogP contribution in [0.5, 0.6) is 0 Å². The third-order valence-electron chi connectivity index (χ3n) is 2.40. The molecule has 0 fully saturated rings. The van der Waals surface area contributed by atoms with Gasteiger partial charge in [-0.3, -0.25) is 4.68 Å². The number of aromatic nitrogens is 2. The fourth-order valence-electron chi connectivity index (χ4n) is 1.36. The molecule has 0 bridgehead atoms. The van der Waals surface area contributed by atoms with E-state index >= 15 is 0 Å². The largest absolute Gasteiger partial charge is 0.479 e. The minimum atomic E-state index is -0.946. The molecule has 1 heterocycles. The van der Waals surface area contributed by atoms with Crippen LogP contribution >= 0.6 is 0 Å². The molecule has 0 saturated heterocycles. The topological polar surface area (TPSA) is 64.3 Å². The molecule has 0 radical (unpaired) electrons. The molecule has 1 rings (SSSR count). The summed E-state index contributed by atoms with van der Waals surface area (Å²) in [5.41, 5.74) is 1.93. The van der Waals surface area contributed by atoms with Gasteiger partial charge in [-0.25, -0.2) is 4.79 Å². The van der Waals surface area contributed by atoms with Crippen LogP contribution in [-0.2, 0) is 29.1 Å². The Morgan fingerprint density at radius 2 is 2.31 bits per heavy atom. The Bertz CT molecular complexity index is 360. The monoisotopic (exact) mass is 226 g/mol. The van der Waals surface area contributed by atoms with Crippen LogP contribution in [0.4, 0.5) is 0 Å². The summed E-state index contributed by atoms with van der Waals surface area (Å²) in [7, 11) is 0. The maximum Gasteiger partial charge on any atom is 0.332 e. The van der Waals surface area contributed by atoms with Gasteiger partial charge in [0, 0.05) is 6.54 Å². The Balaban J connectivity index is 2.65. The summed E-state index contributed by atoms with van der Waals surface area (Å²) in [6.45, 7) is 6.60. The molecule has 0 aliphatic carbocycles. The van der Waals surface area contributed by atoms with Crippen molar-refractivity contribution in [3.05, 3.63) is 17.5 Å². The van der Waals surface area contributed by atoms with Crippen molar-refractivity contribution in [2.24, 2.45) is 0 Å². The highest BCUT2D eigenvalue weighted by Gasteiger charge is 2.13. The second-order valence-electron chi connectivity index (χ2n) is 3.59. The van der Waals surface area contributed by atoms with Gasteiger partial charge in [0.25, 0.3) is 0 Å². The van der Waals surface area contributed by atoms with Crippen molar-refractivity contribution in [1.29, 1.82) is 0 Å². The molecule has 90 valence electrons. The molecule has 1 aromatic heterocycles. The van der Waals surface area contributed by atoms with E-state index in [2.05, 4.69) is 5.10 Å². The smallest absolute Gasteiger partial charge is 0.332 e. The third kappa shape index (κ3) is 3.06. The predicted octanol–water partition coefficient (Wildman–Crippen LogP) is 1.46. The Morgan fingerprint density at radius 1 is 1.62 bits per heavy atom. The number of rotatable bonds is 6. The summed E-state index contributed by atoms with van der Waals surface area (Å²) in [6.07, 6.45) is 0.0828. The van der Waals surface area contributed by atoms with Gasteiger partial charge in [0.15, 0.2) is 6.10 Å². The summed E-state index contributed by atoms with van der Waals surface area (Å²) in [5.74, 6) is -0.946. The molecule has 1 N–H and O–H groups in total. The van der Waals surface area contributed by atoms with E-state index in [1.54, 1.807) is 0 Å². The molecule has 5 heteroatoms. The minimum Gasteiger partial charge on any atom is -0.479 e. The third-order valence-corrected chi connectivity index (χ3v) is 2.40. The molecule has 0 aliphatic rings. The van der Waals surface area contributed by atoms with Gasteiger partial charge in [0.1, 0.15) is 0 Å². The van der Waals surface area contributed by atoms with Crippen LogP contribution in [0.3, 0.4) is 0 Å². The Labute approximate surface area is 95.0 Å². The number of carbonyl (C=O) groups is 1. The van der Waals surface area contributed by atoms with Gasteiger partial charge in [-0.05, 0) is 26.3 Å². The lowest BCUT2D eigenvalue weighted by Gasteiger charge is -2.09. The van der Waals surface area contributed by atoms with Crippen molar-refractivity contribution < 1.29 is 14.6 Å². The van der Waals surface area contributed by atoms with Crippen LogP contribution < -0.4 is 0 Å². The van der Waals surface area contributed by atoms with E-state index in [1.807, 2.05) is 24.6 Å². The van der Waals surface area contributed by atoms with E-state index in [-0.39, 0.29) is 6.61 Å². The minimum absolute atomic E-state index is 0.286. The average molecular weight is 226 g/mol. The second kappa shape index (κ2) is 5.65. The van der Waals surface area contributed by atoms with Gasteiger partial charge in [-0.15, -0.1) is 0 Å². The van der Waals surface area contributed by atoms with E-state index < -0.39 is 12.1 Å². The van der Waals surface area contributed by atoms with Gasteiger partial charge in [0.2, 0.25) is 0 Å². The molecule has 0 saturated carbocycles. The SMILES string of the molecule is CCc1cc(COC(C)C(=O)O)n(CC)n1. The molecule has 1 atom stereocenters. The number of nitrogens with zero attached hydrogens (tertiary/aromatic N) is 2. The van der Waals surface area contributed by atoms with Crippen molar-refractivity contribution >= 4 is 5.97 Å². The summed E-state index contributed by atoms with van der Waals surface area (Å²) in [4.78, 5) is 10.6. The number of hydrogen-bond acceptors (Lipinski definition) is 3. The zero-order valence-electron chi connectivity index (χ0n) is 9.93. The highest BCUT2D eigenvalue weighted by Crippen LogP contribution is 2.08. The average Bonchev–Trinajstić information content (AvgIpc) is 2.68. The molecular formula is C11H18N2O3. The number of carboxylic acid groups (broad SMARTS) is 1. The van der Waals surface area contributed by atoms with Crippen molar-refractivity contribution in [3.8, 4) is 0 Å².